The van der Waals surface area contributed by atoms with Crippen molar-refractivity contribution in [2.45, 2.75) is 59.3 Å². The molecule has 0 amide bonds. The van der Waals surface area contributed by atoms with E-state index in [1.807, 2.05) is 0 Å². The lowest BCUT2D eigenvalue weighted by Crippen LogP contribution is -2.22. The zero-order valence-corrected chi connectivity index (χ0v) is 13.8. The second kappa shape index (κ2) is 8.20. The number of rotatable bonds is 7. The standard InChI is InChI=1S/C17H30N4/c1-4-7-15-16(18-5-2)20-12-21-17(15)19-11-14-9-6-8-13(3)10-14/h12-14H,4-11H2,1-3H3,(H2,18,19,20,21). The molecule has 1 saturated carbocycles. The Balaban J connectivity index is 2.02. The second-order valence-electron chi connectivity index (χ2n) is 6.35. The predicted molar refractivity (Wildman–Crippen MR) is 89.8 cm³/mol. The summed E-state index contributed by atoms with van der Waals surface area (Å²) >= 11 is 0. The quantitative estimate of drug-likeness (QED) is 0.794. The van der Waals surface area contributed by atoms with Crippen LogP contribution in [-0.2, 0) is 6.42 Å². The molecule has 0 spiro atoms. The van der Waals surface area contributed by atoms with Gasteiger partial charge >= 0.3 is 0 Å². The minimum Gasteiger partial charge on any atom is -0.370 e. The Morgan fingerprint density at radius 3 is 2.57 bits per heavy atom. The average Bonchev–Trinajstić information content (AvgIpc) is 2.48. The van der Waals surface area contributed by atoms with E-state index in [-0.39, 0.29) is 0 Å². The van der Waals surface area contributed by atoms with Crippen LogP contribution in [0.3, 0.4) is 0 Å². The van der Waals surface area contributed by atoms with Gasteiger partial charge in [-0.15, -0.1) is 0 Å². The van der Waals surface area contributed by atoms with Gasteiger partial charge in [0.05, 0.1) is 0 Å². The molecule has 118 valence electrons. The highest BCUT2D eigenvalue weighted by molar-refractivity contribution is 5.57. The third-order valence-corrected chi connectivity index (χ3v) is 4.39. The van der Waals surface area contributed by atoms with Crippen molar-refractivity contribution in [3.05, 3.63) is 11.9 Å². The van der Waals surface area contributed by atoms with Gasteiger partial charge in [-0.2, -0.15) is 0 Å². The van der Waals surface area contributed by atoms with Crippen LogP contribution < -0.4 is 10.6 Å². The van der Waals surface area contributed by atoms with Gasteiger partial charge < -0.3 is 10.6 Å². The second-order valence-corrected chi connectivity index (χ2v) is 6.35. The first-order valence-corrected chi connectivity index (χ1v) is 8.56. The lowest BCUT2D eigenvalue weighted by Gasteiger charge is -2.27. The van der Waals surface area contributed by atoms with Crippen LogP contribution in [0.2, 0.25) is 0 Å². The van der Waals surface area contributed by atoms with E-state index in [2.05, 4.69) is 41.4 Å². The molecule has 0 bridgehead atoms. The van der Waals surface area contributed by atoms with E-state index in [9.17, 15) is 0 Å². The summed E-state index contributed by atoms with van der Waals surface area (Å²) in [6, 6.07) is 0. The largest absolute Gasteiger partial charge is 0.370 e. The first kappa shape index (κ1) is 16.1. The molecule has 1 heterocycles. The van der Waals surface area contributed by atoms with Gasteiger partial charge in [-0.25, -0.2) is 9.97 Å². The maximum atomic E-state index is 4.48. The normalized spacial score (nSPS) is 22.0. The molecule has 4 nitrogen and oxygen atoms in total. The Labute approximate surface area is 129 Å². The highest BCUT2D eigenvalue weighted by atomic mass is 15.1. The lowest BCUT2D eigenvalue weighted by molar-refractivity contribution is 0.293. The third-order valence-electron chi connectivity index (χ3n) is 4.39. The van der Waals surface area contributed by atoms with E-state index in [0.717, 1.165) is 49.4 Å². The first-order valence-electron chi connectivity index (χ1n) is 8.56. The van der Waals surface area contributed by atoms with Gasteiger partial charge in [-0.1, -0.05) is 33.1 Å². The van der Waals surface area contributed by atoms with Crippen molar-refractivity contribution in [1.82, 2.24) is 9.97 Å². The molecule has 0 saturated heterocycles. The fourth-order valence-electron chi connectivity index (χ4n) is 3.36. The first-order chi connectivity index (χ1) is 10.2. The van der Waals surface area contributed by atoms with Gasteiger partial charge in [-0.05, 0) is 38.0 Å². The van der Waals surface area contributed by atoms with E-state index >= 15 is 0 Å². The lowest BCUT2D eigenvalue weighted by atomic mass is 9.82. The van der Waals surface area contributed by atoms with Crippen LogP contribution >= 0.6 is 0 Å². The molecule has 0 radical (unpaired) electrons. The molecule has 1 aromatic rings. The van der Waals surface area contributed by atoms with Crippen molar-refractivity contribution in [3.8, 4) is 0 Å². The number of hydrogen-bond acceptors (Lipinski definition) is 4. The zero-order chi connectivity index (χ0) is 15.1. The predicted octanol–water partition coefficient (Wildman–Crippen LogP) is 4.10. The number of hydrogen-bond donors (Lipinski definition) is 2. The molecule has 2 unspecified atom stereocenters. The molecule has 1 aromatic heterocycles. The molecule has 0 aliphatic heterocycles. The maximum absolute atomic E-state index is 4.48. The molecule has 1 aliphatic carbocycles. The van der Waals surface area contributed by atoms with Crippen LogP contribution in [0.1, 0.15) is 58.4 Å². The molecule has 4 heteroatoms. The molecule has 0 aromatic carbocycles. The molecule has 2 N–H and O–H groups in total. The summed E-state index contributed by atoms with van der Waals surface area (Å²) in [6.07, 6.45) is 9.28. The molecule has 2 atom stereocenters. The summed E-state index contributed by atoms with van der Waals surface area (Å²) in [6.45, 7) is 8.63. The van der Waals surface area contributed by atoms with Crippen LogP contribution in [0.25, 0.3) is 0 Å². The fourth-order valence-corrected chi connectivity index (χ4v) is 3.36. The van der Waals surface area contributed by atoms with Crippen LogP contribution in [0.15, 0.2) is 6.33 Å². The Morgan fingerprint density at radius 2 is 1.90 bits per heavy atom. The van der Waals surface area contributed by atoms with Crippen molar-refractivity contribution < 1.29 is 0 Å². The smallest absolute Gasteiger partial charge is 0.134 e. The Hall–Kier alpha value is -1.32. The zero-order valence-electron chi connectivity index (χ0n) is 13.8. The molecule has 21 heavy (non-hydrogen) atoms. The topological polar surface area (TPSA) is 49.8 Å². The molecule has 1 aliphatic rings. The van der Waals surface area contributed by atoms with Crippen molar-refractivity contribution in [2.24, 2.45) is 11.8 Å². The number of nitrogens with zero attached hydrogens (tertiary/aromatic N) is 2. The minimum atomic E-state index is 0.792. The van der Waals surface area contributed by atoms with Gasteiger partial charge in [0.25, 0.3) is 0 Å². The summed E-state index contributed by atoms with van der Waals surface area (Å²) in [7, 11) is 0. The number of anilines is 2. The van der Waals surface area contributed by atoms with Gasteiger partial charge in [0.2, 0.25) is 0 Å². The number of aromatic nitrogens is 2. The van der Waals surface area contributed by atoms with Crippen LogP contribution in [-0.4, -0.2) is 23.1 Å². The van der Waals surface area contributed by atoms with Gasteiger partial charge in [-0.3, -0.25) is 0 Å². The van der Waals surface area contributed by atoms with E-state index in [0.29, 0.717) is 0 Å². The summed E-state index contributed by atoms with van der Waals surface area (Å²) in [4.78, 5) is 8.87. The maximum Gasteiger partial charge on any atom is 0.134 e. The summed E-state index contributed by atoms with van der Waals surface area (Å²) in [5.41, 5.74) is 1.24. The van der Waals surface area contributed by atoms with Gasteiger partial charge in [0, 0.05) is 18.7 Å². The SMILES string of the molecule is CCCc1c(NCC)ncnc1NCC1CCCC(C)C1. The molecular formula is C17H30N4. The third kappa shape index (κ3) is 4.58. The molecule has 2 rings (SSSR count). The Morgan fingerprint density at radius 1 is 1.14 bits per heavy atom. The highest BCUT2D eigenvalue weighted by Gasteiger charge is 2.19. The number of nitrogens with one attached hydrogen (secondary N) is 2. The van der Waals surface area contributed by atoms with Crippen molar-refractivity contribution in [3.63, 3.8) is 0 Å². The monoisotopic (exact) mass is 290 g/mol. The Bertz CT molecular complexity index is 433. The van der Waals surface area contributed by atoms with E-state index in [4.69, 9.17) is 0 Å². The summed E-state index contributed by atoms with van der Waals surface area (Å²) in [5, 5.41) is 6.95. The van der Waals surface area contributed by atoms with Crippen LogP contribution in [0, 0.1) is 11.8 Å². The Kier molecular flexibility index (Phi) is 6.27. The van der Waals surface area contributed by atoms with Gasteiger partial charge in [0.1, 0.15) is 18.0 Å². The highest BCUT2D eigenvalue weighted by Crippen LogP contribution is 2.29. The van der Waals surface area contributed by atoms with E-state index < -0.39 is 0 Å². The van der Waals surface area contributed by atoms with Crippen LogP contribution in [0.4, 0.5) is 11.6 Å². The van der Waals surface area contributed by atoms with E-state index in [1.54, 1.807) is 6.33 Å². The average molecular weight is 290 g/mol. The molecule has 1 fully saturated rings. The van der Waals surface area contributed by atoms with Crippen molar-refractivity contribution >= 4 is 11.6 Å². The van der Waals surface area contributed by atoms with Crippen molar-refractivity contribution in [1.29, 1.82) is 0 Å². The molecular weight excluding hydrogens is 260 g/mol. The summed E-state index contributed by atoms with van der Waals surface area (Å²) < 4.78 is 0. The fraction of sp³-hybridized carbons (Fsp3) is 0.765. The van der Waals surface area contributed by atoms with Gasteiger partial charge in [0.15, 0.2) is 0 Å². The minimum absolute atomic E-state index is 0.792. The summed E-state index contributed by atoms with van der Waals surface area (Å²) in [5.74, 6) is 3.69. The van der Waals surface area contributed by atoms with Crippen molar-refractivity contribution in [2.75, 3.05) is 23.7 Å². The van der Waals surface area contributed by atoms with E-state index in [1.165, 1.54) is 31.2 Å². The van der Waals surface area contributed by atoms with Crippen LogP contribution in [0.5, 0.6) is 0 Å².